The van der Waals surface area contributed by atoms with Gasteiger partial charge in [-0.25, -0.2) is 0 Å². The van der Waals surface area contributed by atoms with Gasteiger partial charge in [0.05, 0.1) is 18.3 Å². The standard InChI is InChI=1S/C14H26N4O3/c1-7-15-11-16-12(18-13(17-11)21-10(2)3)19-8-9-20-14(4,5)6/h10H,7-9H2,1-6H3,(H,15,16,17,18). The van der Waals surface area contributed by atoms with Crippen LogP contribution in [0.25, 0.3) is 0 Å². The van der Waals surface area contributed by atoms with Crippen LogP contribution in [0.1, 0.15) is 41.5 Å². The number of aromatic nitrogens is 3. The maximum absolute atomic E-state index is 5.58. The van der Waals surface area contributed by atoms with Crippen molar-refractivity contribution < 1.29 is 14.2 Å². The molecule has 0 spiro atoms. The molecule has 0 saturated carbocycles. The summed E-state index contributed by atoms with van der Waals surface area (Å²) in [5.74, 6) is 0.440. The van der Waals surface area contributed by atoms with Crippen molar-refractivity contribution in [2.75, 3.05) is 25.1 Å². The second-order valence-electron chi connectivity index (χ2n) is 5.73. The Balaban J connectivity index is 2.64. The molecule has 7 nitrogen and oxygen atoms in total. The van der Waals surface area contributed by atoms with Gasteiger partial charge in [-0.05, 0) is 41.5 Å². The topological polar surface area (TPSA) is 78.4 Å². The van der Waals surface area contributed by atoms with Crippen molar-refractivity contribution >= 4 is 5.95 Å². The minimum absolute atomic E-state index is 0.0149. The Kier molecular flexibility index (Phi) is 6.61. The quantitative estimate of drug-likeness (QED) is 0.738. The molecule has 1 aromatic heterocycles. The van der Waals surface area contributed by atoms with E-state index in [1.165, 1.54) is 0 Å². The number of ether oxygens (including phenoxy) is 3. The Hall–Kier alpha value is -1.63. The molecular formula is C14H26N4O3. The number of hydrogen-bond donors (Lipinski definition) is 1. The highest BCUT2D eigenvalue weighted by molar-refractivity contribution is 5.27. The molecule has 1 N–H and O–H groups in total. The highest BCUT2D eigenvalue weighted by Crippen LogP contribution is 2.14. The van der Waals surface area contributed by atoms with Gasteiger partial charge in [-0.2, -0.15) is 9.97 Å². The average molecular weight is 298 g/mol. The van der Waals surface area contributed by atoms with Gasteiger partial charge in [-0.1, -0.05) is 0 Å². The molecule has 0 radical (unpaired) electrons. The van der Waals surface area contributed by atoms with Gasteiger partial charge in [0.15, 0.2) is 0 Å². The Morgan fingerprint density at radius 2 is 1.71 bits per heavy atom. The van der Waals surface area contributed by atoms with Gasteiger partial charge in [0.1, 0.15) is 6.61 Å². The van der Waals surface area contributed by atoms with Crippen molar-refractivity contribution in [2.45, 2.75) is 53.2 Å². The molecule has 0 amide bonds. The molecule has 120 valence electrons. The van der Waals surface area contributed by atoms with Crippen LogP contribution in [0.5, 0.6) is 12.0 Å². The first-order valence-corrected chi connectivity index (χ1v) is 7.23. The summed E-state index contributed by atoms with van der Waals surface area (Å²) in [6, 6.07) is 0.483. The molecule has 21 heavy (non-hydrogen) atoms. The molecule has 0 aliphatic heterocycles. The summed E-state index contributed by atoms with van der Waals surface area (Å²) >= 11 is 0. The lowest BCUT2D eigenvalue weighted by atomic mass is 10.2. The predicted molar refractivity (Wildman–Crippen MR) is 81.0 cm³/mol. The van der Waals surface area contributed by atoms with Gasteiger partial charge in [-0.15, -0.1) is 4.98 Å². The van der Waals surface area contributed by atoms with Crippen LogP contribution in [0, 0.1) is 0 Å². The normalized spacial score (nSPS) is 11.6. The fourth-order valence-electron chi connectivity index (χ4n) is 1.38. The summed E-state index contributed by atoms with van der Waals surface area (Å²) in [7, 11) is 0. The first kappa shape index (κ1) is 17.4. The molecule has 0 aromatic carbocycles. The Labute approximate surface area is 126 Å². The first-order valence-electron chi connectivity index (χ1n) is 7.23. The molecule has 1 heterocycles. The number of nitrogens with zero attached hydrogens (tertiary/aromatic N) is 3. The van der Waals surface area contributed by atoms with Crippen LogP contribution in [-0.4, -0.2) is 46.4 Å². The number of rotatable bonds is 8. The van der Waals surface area contributed by atoms with Crippen LogP contribution >= 0.6 is 0 Å². The number of anilines is 1. The van der Waals surface area contributed by atoms with E-state index in [2.05, 4.69) is 20.3 Å². The third-order valence-electron chi connectivity index (χ3n) is 2.12. The molecule has 0 fully saturated rings. The largest absolute Gasteiger partial charge is 0.461 e. The van der Waals surface area contributed by atoms with E-state index in [-0.39, 0.29) is 23.7 Å². The summed E-state index contributed by atoms with van der Waals surface area (Å²) in [5.41, 5.74) is -0.191. The summed E-state index contributed by atoms with van der Waals surface area (Å²) in [6.45, 7) is 13.3. The van der Waals surface area contributed by atoms with Gasteiger partial charge >= 0.3 is 12.0 Å². The van der Waals surface area contributed by atoms with Crippen LogP contribution in [0.4, 0.5) is 5.95 Å². The first-order chi connectivity index (χ1) is 9.80. The third kappa shape index (κ3) is 7.65. The molecule has 1 aromatic rings. The van der Waals surface area contributed by atoms with Crippen LogP contribution in [-0.2, 0) is 4.74 Å². The van der Waals surface area contributed by atoms with Crippen molar-refractivity contribution in [2.24, 2.45) is 0 Å². The fraction of sp³-hybridized carbons (Fsp3) is 0.786. The third-order valence-corrected chi connectivity index (χ3v) is 2.12. The second-order valence-corrected chi connectivity index (χ2v) is 5.73. The smallest absolute Gasteiger partial charge is 0.324 e. The fourth-order valence-corrected chi connectivity index (χ4v) is 1.38. The van der Waals surface area contributed by atoms with E-state index in [0.29, 0.717) is 25.7 Å². The van der Waals surface area contributed by atoms with Crippen molar-refractivity contribution in [3.8, 4) is 12.0 Å². The average Bonchev–Trinajstić information content (AvgIpc) is 2.33. The van der Waals surface area contributed by atoms with E-state index < -0.39 is 0 Å². The van der Waals surface area contributed by atoms with E-state index in [1.54, 1.807) is 0 Å². The molecule has 0 atom stereocenters. The molecule has 0 aliphatic rings. The zero-order valence-corrected chi connectivity index (χ0v) is 13.8. The molecular weight excluding hydrogens is 272 g/mol. The zero-order valence-electron chi connectivity index (χ0n) is 13.8. The van der Waals surface area contributed by atoms with Crippen molar-refractivity contribution in [1.82, 2.24) is 15.0 Å². The van der Waals surface area contributed by atoms with Crippen LogP contribution in [0.3, 0.4) is 0 Å². The second kappa shape index (κ2) is 7.97. The Bertz CT molecular complexity index is 433. The SMILES string of the molecule is CCNc1nc(OCCOC(C)(C)C)nc(OC(C)C)n1. The Morgan fingerprint density at radius 3 is 2.29 bits per heavy atom. The zero-order chi connectivity index (χ0) is 15.9. The van der Waals surface area contributed by atoms with Crippen molar-refractivity contribution in [3.63, 3.8) is 0 Å². The van der Waals surface area contributed by atoms with Gasteiger partial charge in [0.2, 0.25) is 5.95 Å². The summed E-state index contributed by atoms with van der Waals surface area (Å²) < 4.78 is 16.6. The molecule has 0 saturated heterocycles. The highest BCUT2D eigenvalue weighted by Gasteiger charge is 2.12. The van der Waals surface area contributed by atoms with Gasteiger partial charge in [0.25, 0.3) is 0 Å². The van der Waals surface area contributed by atoms with E-state index in [1.807, 2.05) is 41.5 Å². The van der Waals surface area contributed by atoms with E-state index >= 15 is 0 Å². The lowest BCUT2D eigenvalue weighted by Gasteiger charge is -2.19. The predicted octanol–water partition coefficient (Wildman–Crippen LogP) is 2.28. The van der Waals surface area contributed by atoms with Crippen molar-refractivity contribution in [1.29, 1.82) is 0 Å². The molecule has 7 heteroatoms. The summed E-state index contributed by atoms with van der Waals surface area (Å²) in [5, 5.41) is 3.02. The molecule has 0 bridgehead atoms. The maximum atomic E-state index is 5.58. The minimum atomic E-state index is -0.191. The van der Waals surface area contributed by atoms with Gasteiger partial charge in [-0.3, -0.25) is 0 Å². The highest BCUT2D eigenvalue weighted by atomic mass is 16.5. The van der Waals surface area contributed by atoms with Crippen LogP contribution in [0.2, 0.25) is 0 Å². The molecule has 0 aliphatic carbocycles. The van der Waals surface area contributed by atoms with E-state index in [4.69, 9.17) is 14.2 Å². The molecule has 0 unspecified atom stereocenters. The van der Waals surface area contributed by atoms with Crippen LogP contribution < -0.4 is 14.8 Å². The lowest BCUT2D eigenvalue weighted by Crippen LogP contribution is -2.23. The van der Waals surface area contributed by atoms with E-state index in [9.17, 15) is 0 Å². The van der Waals surface area contributed by atoms with Crippen molar-refractivity contribution in [3.05, 3.63) is 0 Å². The van der Waals surface area contributed by atoms with Gasteiger partial charge in [0, 0.05) is 6.54 Å². The lowest BCUT2D eigenvalue weighted by molar-refractivity contribution is -0.0175. The monoisotopic (exact) mass is 298 g/mol. The maximum Gasteiger partial charge on any atom is 0.324 e. The number of nitrogens with one attached hydrogen (secondary N) is 1. The Morgan fingerprint density at radius 1 is 1.05 bits per heavy atom. The summed E-state index contributed by atoms with van der Waals surface area (Å²) in [6.07, 6.45) is -0.0149. The summed E-state index contributed by atoms with van der Waals surface area (Å²) in [4.78, 5) is 12.5. The number of hydrogen-bond acceptors (Lipinski definition) is 7. The minimum Gasteiger partial charge on any atom is -0.461 e. The van der Waals surface area contributed by atoms with Gasteiger partial charge < -0.3 is 19.5 Å². The van der Waals surface area contributed by atoms with E-state index in [0.717, 1.165) is 0 Å². The molecule has 1 rings (SSSR count). The van der Waals surface area contributed by atoms with Crippen LogP contribution in [0.15, 0.2) is 0 Å².